The molecule has 0 amide bonds. The number of alkyl halides is 1. The van der Waals surface area contributed by atoms with Gasteiger partial charge >= 0.3 is 0 Å². The fraction of sp³-hybridized carbons (Fsp3) is 0.500. The minimum absolute atomic E-state index is 0.746. The Hall–Kier alpha value is -0.730. The molecule has 0 fully saturated rings. The lowest BCUT2D eigenvalue weighted by atomic mass is 10.2. The molecule has 1 aromatic carbocycles. The Balaban J connectivity index is 2.30. The van der Waals surface area contributed by atoms with Crippen molar-refractivity contribution in [1.29, 1.82) is 0 Å². The van der Waals surface area contributed by atoms with Gasteiger partial charge in [-0.3, -0.25) is 0 Å². The van der Waals surface area contributed by atoms with E-state index in [9.17, 15) is 0 Å². The van der Waals surface area contributed by atoms with Crippen LogP contribution in [0.2, 0.25) is 0 Å². The molecular formula is C12H18ClNO. The number of benzene rings is 1. The number of methoxy groups -OCH3 is 1. The topological polar surface area (TPSA) is 21.3 Å². The summed E-state index contributed by atoms with van der Waals surface area (Å²) in [5, 5.41) is 3.37. The first-order chi connectivity index (χ1) is 7.38. The van der Waals surface area contributed by atoms with Gasteiger partial charge in [-0.05, 0) is 25.5 Å². The van der Waals surface area contributed by atoms with Crippen molar-refractivity contribution in [3.63, 3.8) is 0 Å². The van der Waals surface area contributed by atoms with Crippen LogP contribution in [0.1, 0.15) is 18.4 Å². The van der Waals surface area contributed by atoms with E-state index in [4.69, 9.17) is 16.3 Å². The molecule has 84 valence electrons. The first-order valence-electron chi connectivity index (χ1n) is 5.27. The zero-order valence-electron chi connectivity index (χ0n) is 9.13. The normalized spacial score (nSPS) is 10.3. The average molecular weight is 228 g/mol. The van der Waals surface area contributed by atoms with E-state index in [0.29, 0.717) is 0 Å². The molecule has 0 unspecified atom stereocenters. The zero-order chi connectivity index (χ0) is 10.9. The molecule has 0 aromatic heterocycles. The molecular weight excluding hydrogens is 210 g/mol. The smallest absolute Gasteiger partial charge is 0.123 e. The van der Waals surface area contributed by atoms with Gasteiger partial charge in [-0.2, -0.15) is 0 Å². The molecule has 0 aliphatic rings. The summed E-state index contributed by atoms with van der Waals surface area (Å²) in [6.45, 7) is 1.86. The number of halogens is 1. The van der Waals surface area contributed by atoms with Gasteiger partial charge in [-0.1, -0.05) is 18.2 Å². The van der Waals surface area contributed by atoms with E-state index in [1.165, 1.54) is 5.56 Å². The lowest BCUT2D eigenvalue weighted by Crippen LogP contribution is -2.15. The van der Waals surface area contributed by atoms with E-state index in [2.05, 4.69) is 11.4 Å². The summed E-state index contributed by atoms with van der Waals surface area (Å²) in [6.07, 6.45) is 2.19. The predicted octanol–water partition coefficient (Wildman–Crippen LogP) is 2.80. The Morgan fingerprint density at radius 1 is 1.27 bits per heavy atom. The van der Waals surface area contributed by atoms with Crippen molar-refractivity contribution in [1.82, 2.24) is 5.32 Å². The first-order valence-corrected chi connectivity index (χ1v) is 5.80. The van der Waals surface area contributed by atoms with Crippen molar-refractivity contribution in [2.24, 2.45) is 0 Å². The molecule has 1 N–H and O–H groups in total. The fourth-order valence-corrected chi connectivity index (χ4v) is 1.61. The first kappa shape index (κ1) is 12.3. The highest BCUT2D eigenvalue weighted by Gasteiger charge is 1.99. The van der Waals surface area contributed by atoms with Crippen LogP contribution in [0.15, 0.2) is 24.3 Å². The van der Waals surface area contributed by atoms with Crippen LogP contribution in [0.25, 0.3) is 0 Å². The van der Waals surface area contributed by atoms with Gasteiger partial charge in [0.2, 0.25) is 0 Å². The van der Waals surface area contributed by atoms with Crippen LogP contribution < -0.4 is 10.1 Å². The molecule has 0 aliphatic heterocycles. The third-order valence-corrected chi connectivity index (χ3v) is 2.51. The number of para-hydroxylation sites is 1. The molecule has 1 rings (SSSR count). The molecule has 0 radical (unpaired) electrons. The number of ether oxygens (including phenoxy) is 1. The summed E-state index contributed by atoms with van der Waals surface area (Å²) in [5.74, 6) is 1.69. The third-order valence-electron chi connectivity index (χ3n) is 2.25. The predicted molar refractivity (Wildman–Crippen MR) is 64.7 cm³/mol. The summed E-state index contributed by atoms with van der Waals surface area (Å²) in [4.78, 5) is 0. The van der Waals surface area contributed by atoms with Gasteiger partial charge in [0.15, 0.2) is 0 Å². The highest BCUT2D eigenvalue weighted by atomic mass is 35.5. The fourth-order valence-electron chi connectivity index (χ4n) is 1.42. The van der Waals surface area contributed by atoms with Crippen LogP contribution in [-0.2, 0) is 6.54 Å². The van der Waals surface area contributed by atoms with E-state index in [-0.39, 0.29) is 0 Å². The molecule has 15 heavy (non-hydrogen) atoms. The Labute approximate surface area is 96.6 Å². The Morgan fingerprint density at radius 2 is 2.07 bits per heavy atom. The average Bonchev–Trinajstić information content (AvgIpc) is 2.29. The van der Waals surface area contributed by atoms with Gasteiger partial charge < -0.3 is 10.1 Å². The minimum atomic E-state index is 0.746. The lowest BCUT2D eigenvalue weighted by Gasteiger charge is -2.08. The van der Waals surface area contributed by atoms with E-state index in [1.54, 1.807) is 7.11 Å². The second-order valence-corrected chi connectivity index (χ2v) is 3.76. The Kier molecular flexibility index (Phi) is 6.21. The van der Waals surface area contributed by atoms with Gasteiger partial charge in [-0.15, -0.1) is 11.6 Å². The molecule has 0 atom stereocenters. The Morgan fingerprint density at radius 3 is 2.80 bits per heavy atom. The number of unbranched alkanes of at least 4 members (excludes halogenated alkanes) is 1. The van der Waals surface area contributed by atoms with Gasteiger partial charge in [0.1, 0.15) is 5.75 Å². The van der Waals surface area contributed by atoms with Crippen LogP contribution in [0, 0.1) is 0 Å². The van der Waals surface area contributed by atoms with E-state index in [1.807, 2.05) is 18.2 Å². The quantitative estimate of drug-likeness (QED) is 0.571. The maximum Gasteiger partial charge on any atom is 0.123 e. The maximum atomic E-state index is 5.60. The number of rotatable bonds is 7. The molecule has 0 spiro atoms. The van der Waals surface area contributed by atoms with Crippen LogP contribution in [0.5, 0.6) is 5.75 Å². The molecule has 0 bridgehead atoms. The summed E-state index contributed by atoms with van der Waals surface area (Å²) in [7, 11) is 1.70. The van der Waals surface area contributed by atoms with Crippen molar-refractivity contribution in [3.05, 3.63) is 29.8 Å². The molecule has 3 heteroatoms. The minimum Gasteiger partial charge on any atom is -0.496 e. The van der Waals surface area contributed by atoms with Crippen LogP contribution >= 0.6 is 11.6 Å². The lowest BCUT2D eigenvalue weighted by molar-refractivity contribution is 0.407. The second kappa shape index (κ2) is 7.55. The van der Waals surface area contributed by atoms with Crippen LogP contribution in [-0.4, -0.2) is 19.5 Å². The van der Waals surface area contributed by atoms with Gasteiger partial charge in [0, 0.05) is 18.0 Å². The summed E-state index contributed by atoms with van der Waals surface area (Å²) < 4.78 is 5.26. The summed E-state index contributed by atoms with van der Waals surface area (Å²) in [6, 6.07) is 8.07. The zero-order valence-corrected chi connectivity index (χ0v) is 9.89. The second-order valence-electron chi connectivity index (χ2n) is 3.38. The van der Waals surface area contributed by atoms with Crippen molar-refractivity contribution in [2.45, 2.75) is 19.4 Å². The van der Waals surface area contributed by atoms with Gasteiger partial charge in [0.05, 0.1) is 7.11 Å². The van der Waals surface area contributed by atoms with Crippen molar-refractivity contribution < 1.29 is 4.74 Å². The monoisotopic (exact) mass is 227 g/mol. The molecule has 0 aliphatic carbocycles. The van der Waals surface area contributed by atoms with E-state index < -0.39 is 0 Å². The van der Waals surface area contributed by atoms with E-state index in [0.717, 1.165) is 37.6 Å². The maximum absolute atomic E-state index is 5.60. The third kappa shape index (κ3) is 4.54. The molecule has 1 aromatic rings. The van der Waals surface area contributed by atoms with Crippen molar-refractivity contribution in [3.8, 4) is 5.75 Å². The van der Waals surface area contributed by atoms with Crippen LogP contribution in [0.4, 0.5) is 0 Å². The Bertz CT molecular complexity index is 278. The molecule has 0 saturated heterocycles. The standard InChI is InChI=1S/C12H18ClNO/c1-15-12-7-3-2-6-11(12)10-14-9-5-4-8-13/h2-3,6-7,14H,4-5,8-10H2,1H3. The number of hydrogen-bond donors (Lipinski definition) is 1. The molecule has 2 nitrogen and oxygen atoms in total. The van der Waals surface area contributed by atoms with Crippen molar-refractivity contribution >= 4 is 11.6 Å². The molecule has 0 heterocycles. The summed E-state index contributed by atoms with van der Waals surface area (Å²) in [5.41, 5.74) is 1.20. The van der Waals surface area contributed by atoms with Gasteiger partial charge in [-0.25, -0.2) is 0 Å². The molecule has 0 saturated carbocycles. The number of nitrogens with one attached hydrogen (secondary N) is 1. The van der Waals surface area contributed by atoms with Crippen molar-refractivity contribution in [2.75, 3.05) is 19.5 Å². The highest BCUT2D eigenvalue weighted by Crippen LogP contribution is 2.16. The number of hydrogen-bond acceptors (Lipinski definition) is 2. The highest BCUT2D eigenvalue weighted by molar-refractivity contribution is 6.17. The SMILES string of the molecule is COc1ccccc1CNCCCCCl. The van der Waals surface area contributed by atoms with Crippen LogP contribution in [0.3, 0.4) is 0 Å². The largest absolute Gasteiger partial charge is 0.496 e. The van der Waals surface area contributed by atoms with Gasteiger partial charge in [0.25, 0.3) is 0 Å². The van der Waals surface area contributed by atoms with E-state index >= 15 is 0 Å². The summed E-state index contributed by atoms with van der Waals surface area (Å²) >= 11 is 5.60.